The van der Waals surface area contributed by atoms with Crippen LogP contribution in [0.5, 0.6) is 0 Å². The maximum Gasteiger partial charge on any atom is 0.337 e. The Hall–Kier alpha value is -1.91. The smallest absolute Gasteiger partial charge is 0.337 e. The average Bonchev–Trinajstić information content (AvgIpc) is 2.45. The van der Waals surface area contributed by atoms with Crippen molar-refractivity contribution in [1.82, 2.24) is 4.57 Å². The van der Waals surface area contributed by atoms with Gasteiger partial charge in [0.2, 0.25) is 0 Å². The number of hydrogen-bond acceptors (Lipinski definition) is 1. The van der Waals surface area contributed by atoms with Gasteiger partial charge in [0.25, 0.3) is 0 Å². The number of aromatic nitrogens is 1. The zero-order valence-corrected chi connectivity index (χ0v) is 7.79. The maximum atomic E-state index is 12.9. The molecule has 0 radical (unpaired) electrons. The summed E-state index contributed by atoms with van der Waals surface area (Å²) in [6.07, 6.45) is 1.33. The van der Waals surface area contributed by atoms with E-state index < -0.39 is 17.6 Å². The molecule has 0 fully saturated rings. The fourth-order valence-corrected chi connectivity index (χ4v) is 1.55. The van der Waals surface area contributed by atoms with E-state index in [0.29, 0.717) is 5.52 Å². The third kappa shape index (κ3) is 1.36. The maximum absolute atomic E-state index is 12.9. The first-order chi connectivity index (χ1) is 7.00. The molecule has 0 aliphatic carbocycles. The van der Waals surface area contributed by atoms with Gasteiger partial charge in [0, 0.05) is 24.7 Å². The van der Waals surface area contributed by atoms with Gasteiger partial charge in [0.1, 0.15) is 0 Å². The Bertz CT molecular complexity index is 560. The van der Waals surface area contributed by atoms with Gasteiger partial charge < -0.3 is 9.67 Å². The molecule has 3 nitrogen and oxygen atoms in total. The normalized spacial score (nSPS) is 10.9. The number of carboxylic acids is 1. The van der Waals surface area contributed by atoms with Crippen molar-refractivity contribution in [1.29, 1.82) is 0 Å². The third-order valence-corrected chi connectivity index (χ3v) is 2.26. The van der Waals surface area contributed by atoms with Crippen LogP contribution in [0.4, 0.5) is 8.78 Å². The van der Waals surface area contributed by atoms with Gasteiger partial charge in [-0.15, -0.1) is 0 Å². The summed E-state index contributed by atoms with van der Waals surface area (Å²) in [6, 6.07) is 1.88. The fraction of sp³-hybridized carbons (Fsp3) is 0.100. The predicted molar refractivity (Wildman–Crippen MR) is 49.8 cm³/mol. The van der Waals surface area contributed by atoms with Gasteiger partial charge in [-0.2, -0.15) is 0 Å². The monoisotopic (exact) mass is 211 g/mol. The van der Waals surface area contributed by atoms with Crippen LogP contribution >= 0.6 is 0 Å². The van der Waals surface area contributed by atoms with Crippen LogP contribution in [-0.2, 0) is 7.05 Å². The summed E-state index contributed by atoms with van der Waals surface area (Å²) in [6.45, 7) is 0. The van der Waals surface area contributed by atoms with E-state index >= 15 is 0 Å². The highest BCUT2D eigenvalue weighted by Gasteiger charge is 2.15. The number of aromatic carboxylic acids is 1. The quantitative estimate of drug-likeness (QED) is 0.785. The summed E-state index contributed by atoms with van der Waals surface area (Å²) in [5.41, 5.74) is 0.317. The second kappa shape index (κ2) is 3.05. The van der Waals surface area contributed by atoms with Gasteiger partial charge in [-0.05, 0) is 6.07 Å². The van der Waals surface area contributed by atoms with Crippen LogP contribution in [0.2, 0.25) is 0 Å². The molecule has 1 aromatic heterocycles. The van der Waals surface area contributed by atoms with Crippen molar-refractivity contribution in [2.45, 2.75) is 0 Å². The molecular formula is C10H7F2NO2. The molecule has 2 rings (SSSR count). The molecule has 0 aliphatic heterocycles. The van der Waals surface area contributed by atoms with Gasteiger partial charge >= 0.3 is 5.97 Å². The number of halogens is 2. The van der Waals surface area contributed by atoms with E-state index in [-0.39, 0.29) is 10.9 Å². The minimum atomic E-state index is -1.16. The summed E-state index contributed by atoms with van der Waals surface area (Å²) in [5, 5.41) is 9.02. The Morgan fingerprint density at radius 1 is 1.33 bits per heavy atom. The number of aryl methyl sites for hydroxylation is 1. The second-order valence-corrected chi connectivity index (χ2v) is 3.24. The molecule has 0 amide bonds. The van der Waals surface area contributed by atoms with E-state index in [4.69, 9.17) is 5.11 Å². The summed E-state index contributed by atoms with van der Waals surface area (Å²) in [5.74, 6) is -3.19. The molecule has 2 aromatic rings. The highest BCUT2D eigenvalue weighted by Crippen LogP contribution is 2.23. The summed E-state index contributed by atoms with van der Waals surface area (Å²) >= 11 is 0. The van der Waals surface area contributed by atoms with Crippen molar-refractivity contribution in [3.8, 4) is 0 Å². The molecule has 0 bridgehead atoms. The first kappa shape index (κ1) is 9.64. The number of fused-ring (bicyclic) bond motifs is 1. The van der Waals surface area contributed by atoms with Crippen molar-refractivity contribution < 1.29 is 18.7 Å². The van der Waals surface area contributed by atoms with Crippen molar-refractivity contribution >= 4 is 16.9 Å². The van der Waals surface area contributed by atoms with E-state index in [0.717, 1.165) is 12.1 Å². The number of nitrogens with zero attached hydrogens (tertiary/aromatic N) is 1. The zero-order valence-electron chi connectivity index (χ0n) is 7.79. The van der Waals surface area contributed by atoms with E-state index in [1.54, 1.807) is 7.05 Å². The Labute approximate surface area is 83.5 Å². The molecule has 1 heterocycles. The SMILES string of the molecule is Cn1cc(C(=O)O)c2cc(F)c(F)cc21. The average molecular weight is 211 g/mol. The van der Waals surface area contributed by atoms with E-state index in [9.17, 15) is 13.6 Å². The Balaban J connectivity index is 2.88. The second-order valence-electron chi connectivity index (χ2n) is 3.24. The molecule has 0 spiro atoms. The van der Waals surface area contributed by atoms with Gasteiger partial charge in [-0.3, -0.25) is 0 Å². The summed E-state index contributed by atoms with van der Waals surface area (Å²) in [4.78, 5) is 10.8. The molecule has 0 saturated carbocycles. The van der Waals surface area contributed by atoms with E-state index in [2.05, 4.69) is 0 Å². The predicted octanol–water partition coefficient (Wildman–Crippen LogP) is 2.15. The van der Waals surface area contributed by atoms with Crippen molar-refractivity contribution in [2.75, 3.05) is 0 Å². The van der Waals surface area contributed by atoms with E-state index in [1.165, 1.54) is 10.8 Å². The zero-order chi connectivity index (χ0) is 11.2. The molecule has 0 saturated heterocycles. The van der Waals surface area contributed by atoms with Gasteiger partial charge in [-0.1, -0.05) is 0 Å². The molecule has 0 atom stereocenters. The lowest BCUT2D eigenvalue weighted by Gasteiger charge is -1.97. The number of carboxylic acid groups (broad SMARTS) is 1. The lowest BCUT2D eigenvalue weighted by atomic mass is 10.1. The lowest BCUT2D eigenvalue weighted by Crippen LogP contribution is -1.94. The molecule has 1 N–H and O–H groups in total. The van der Waals surface area contributed by atoms with Crippen molar-refractivity contribution in [3.63, 3.8) is 0 Å². The third-order valence-electron chi connectivity index (χ3n) is 2.26. The Morgan fingerprint density at radius 2 is 1.93 bits per heavy atom. The van der Waals surface area contributed by atoms with Crippen molar-refractivity contribution in [3.05, 3.63) is 35.5 Å². The largest absolute Gasteiger partial charge is 0.478 e. The van der Waals surface area contributed by atoms with E-state index in [1.807, 2.05) is 0 Å². The van der Waals surface area contributed by atoms with Crippen molar-refractivity contribution in [2.24, 2.45) is 7.05 Å². The fourth-order valence-electron chi connectivity index (χ4n) is 1.55. The standard InChI is InChI=1S/C10H7F2NO2/c1-13-4-6(10(14)15)5-2-7(11)8(12)3-9(5)13/h2-4H,1H3,(H,14,15). The molecule has 0 unspecified atom stereocenters. The molecule has 0 aliphatic rings. The summed E-state index contributed by atoms with van der Waals surface area (Å²) < 4.78 is 27.3. The highest BCUT2D eigenvalue weighted by molar-refractivity contribution is 6.03. The van der Waals surface area contributed by atoms with Crippen LogP contribution < -0.4 is 0 Å². The molecule has 1 aromatic carbocycles. The van der Waals surface area contributed by atoms with Crippen LogP contribution in [0.25, 0.3) is 10.9 Å². The Morgan fingerprint density at radius 3 is 2.53 bits per heavy atom. The minimum absolute atomic E-state index is 0.0357. The molecular weight excluding hydrogens is 204 g/mol. The molecule has 5 heteroatoms. The first-order valence-corrected chi connectivity index (χ1v) is 4.18. The lowest BCUT2D eigenvalue weighted by molar-refractivity contribution is 0.0699. The van der Waals surface area contributed by atoms with Crippen LogP contribution in [0.3, 0.4) is 0 Å². The van der Waals surface area contributed by atoms with Gasteiger partial charge in [0.15, 0.2) is 11.6 Å². The number of benzene rings is 1. The van der Waals surface area contributed by atoms with Crippen LogP contribution in [0.15, 0.2) is 18.3 Å². The number of rotatable bonds is 1. The highest BCUT2D eigenvalue weighted by atomic mass is 19.2. The summed E-state index contributed by atoms with van der Waals surface area (Å²) in [7, 11) is 1.58. The molecule has 15 heavy (non-hydrogen) atoms. The first-order valence-electron chi connectivity index (χ1n) is 4.18. The van der Waals surface area contributed by atoms with Crippen LogP contribution in [-0.4, -0.2) is 15.6 Å². The topological polar surface area (TPSA) is 42.2 Å². The van der Waals surface area contributed by atoms with Gasteiger partial charge in [-0.25, -0.2) is 13.6 Å². The van der Waals surface area contributed by atoms with Gasteiger partial charge in [0.05, 0.1) is 11.1 Å². The molecule has 78 valence electrons. The Kier molecular flexibility index (Phi) is 1.96. The number of carbonyl (C=O) groups is 1. The van der Waals surface area contributed by atoms with Crippen LogP contribution in [0, 0.1) is 11.6 Å². The minimum Gasteiger partial charge on any atom is -0.478 e. The van der Waals surface area contributed by atoms with Crippen LogP contribution in [0.1, 0.15) is 10.4 Å². The number of hydrogen-bond donors (Lipinski definition) is 1.